The van der Waals surface area contributed by atoms with Crippen molar-refractivity contribution in [2.75, 3.05) is 0 Å². The zero-order valence-corrected chi connectivity index (χ0v) is 13.3. The molecule has 6 heteroatoms. The zero-order chi connectivity index (χ0) is 18.3. The molecule has 0 spiro atoms. The monoisotopic (exact) mass is 355 g/mol. The van der Waals surface area contributed by atoms with Gasteiger partial charge in [-0.3, -0.25) is 0 Å². The Balaban J connectivity index is 1.95. The van der Waals surface area contributed by atoms with Gasteiger partial charge in [-0.25, -0.2) is 13.2 Å². The fourth-order valence-electron chi connectivity index (χ4n) is 3.01. The summed E-state index contributed by atoms with van der Waals surface area (Å²) in [6.45, 7) is -0.504. The number of hydrogen-bond acceptors (Lipinski definition) is 3. The van der Waals surface area contributed by atoms with Crippen LogP contribution in [0.1, 0.15) is 5.56 Å². The van der Waals surface area contributed by atoms with Crippen LogP contribution in [0.4, 0.5) is 13.2 Å². The van der Waals surface area contributed by atoms with E-state index >= 15 is 0 Å². The van der Waals surface area contributed by atoms with Crippen molar-refractivity contribution in [2.24, 2.45) is 0 Å². The molecule has 1 aromatic heterocycles. The van der Waals surface area contributed by atoms with E-state index in [0.717, 1.165) is 22.9 Å². The van der Waals surface area contributed by atoms with Gasteiger partial charge in [-0.05, 0) is 22.9 Å². The standard InChI is InChI=1S/C20H12F3NO2/c21-16-9-8-14(17(22)18(16)23)20-15(10-25)19(24-26-20)13-7-3-5-11-4-1-2-6-12(11)13/h1-9,25H,10H2. The number of benzene rings is 3. The molecule has 0 aliphatic rings. The van der Waals surface area contributed by atoms with E-state index in [-0.39, 0.29) is 16.9 Å². The van der Waals surface area contributed by atoms with Gasteiger partial charge in [-0.1, -0.05) is 47.6 Å². The predicted molar refractivity (Wildman–Crippen MR) is 90.7 cm³/mol. The van der Waals surface area contributed by atoms with Crippen molar-refractivity contribution in [2.45, 2.75) is 6.61 Å². The molecule has 1 N–H and O–H groups in total. The molecule has 4 rings (SSSR count). The molecule has 1 heterocycles. The molecule has 0 bridgehead atoms. The van der Waals surface area contributed by atoms with Crippen molar-refractivity contribution < 1.29 is 22.8 Å². The lowest BCUT2D eigenvalue weighted by atomic mass is 9.98. The number of rotatable bonds is 3. The van der Waals surface area contributed by atoms with Gasteiger partial charge in [0.25, 0.3) is 0 Å². The molecule has 0 saturated carbocycles. The van der Waals surface area contributed by atoms with Crippen molar-refractivity contribution in [1.82, 2.24) is 5.16 Å². The molecule has 4 aromatic rings. The SMILES string of the molecule is OCc1c(-c2cccc3ccccc23)noc1-c1ccc(F)c(F)c1F. The van der Waals surface area contributed by atoms with Gasteiger partial charge in [0.15, 0.2) is 23.2 Å². The quantitative estimate of drug-likeness (QED) is 0.522. The highest BCUT2D eigenvalue weighted by Gasteiger charge is 2.24. The third-order valence-corrected chi connectivity index (χ3v) is 4.27. The van der Waals surface area contributed by atoms with Crippen molar-refractivity contribution in [1.29, 1.82) is 0 Å². The maximum absolute atomic E-state index is 14.1. The van der Waals surface area contributed by atoms with E-state index in [0.29, 0.717) is 11.3 Å². The van der Waals surface area contributed by atoms with Gasteiger partial charge in [0, 0.05) is 5.56 Å². The van der Waals surface area contributed by atoms with E-state index in [1.165, 1.54) is 0 Å². The van der Waals surface area contributed by atoms with Crippen LogP contribution in [0.3, 0.4) is 0 Å². The Morgan fingerprint density at radius 3 is 2.42 bits per heavy atom. The van der Waals surface area contributed by atoms with Crippen LogP contribution >= 0.6 is 0 Å². The smallest absolute Gasteiger partial charge is 0.195 e. The van der Waals surface area contributed by atoms with Crippen LogP contribution in [-0.4, -0.2) is 10.3 Å². The second-order valence-corrected chi connectivity index (χ2v) is 5.75. The summed E-state index contributed by atoms with van der Waals surface area (Å²) in [7, 11) is 0. The fraction of sp³-hybridized carbons (Fsp3) is 0.0500. The third-order valence-electron chi connectivity index (χ3n) is 4.27. The minimum Gasteiger partial charge on any atom is -0.391 e. The molecule has 0 aliphatic heterocycles. The number of hydrogen-bond donors (Lipinski definition) is 1. The highest BCUT2D eigenvalue weighted by atomic mass is 19.2. The average molecular weight is 355 g/mol. The van der Waals surface area contributed by atoms with Crippen molar-refractivity contribution in [3.8, 4) is 22.6 Å². The summed E-state index contributed by atoms with van der Waals surface area (Å²) in [4.78, 5) is 0. The number of nitrogens with zero attached hydrogens (tertiary/aromatic N) is 1. The Kier molecular flexibility index (Phi) is 3.97. The molecule has 130 valence electrons. The second-order valence-electron chi connectivity index (χ2n) is 5.75. The van der Waals surface area contributed by atoms with Crippen molar-refractivity contribution in [3.05, 3.63) is 77.6 Å². The lowest BCUT2D eigenvalue weighted by Gasteiger charge is -2.06. The fourth-order valence-corrected chi connectivity index (χ4v) is 3.01. The lowest BCUT2D eigenvalue weighted by Crippen LogP contribution is -1.96. The van der Waals surface area contributed by atoms with Gasteiger partial charge in [0.1, 0.15) is 5.69 Å². The number of halogens is 3. The third kappa shape index (κ3) is 2.46. The Bertz CT molecular complexity index is 1120. The van der Waals surface area contributed by atoms with E-state index in [1.54, 1.807) is 6.07 Å². The maximum Gasteiger partial charge on any atom is 0.195 e. The summed E-state index contributed by atoms with van der Waals surface area (Å²) < 4.78 is 46.1. The first-order chi connectivity index (χ1) is 12.6. The molecule has 0 aliphatic carbocycles. The average Bonchev–Trinajstić information content (AvgIpc) is 3.09. The van der Waals surface area contributed by atoms with Gasteiger partial charge in [-0.2, -0.15) is 0 Å². The Morgan fingerprint density at radius 2 is 1.62 bits per heavy atom. The molecule has 0 saturated heterocycles. The molecule has 3 aromatic carbocycles. The first kappa shape index (κ1) is 16.4. The summed E-state index contributed by atoms with van der Waals surface area (Å²) in [6.07, 6.45) is 0. The minimum absolute atomic E-state index is 0.133. The first-order valence-electron chi connectivity index (χ1n) is 7.83. The van der Waals surface area contributed by atoms with Crippen LogP contribution in [0.15, 0.2) is 59.1 Å². The molecule has 0 atom stereocenters. The van der Waals surface area contributed by atoms with E-state index in [2.05, 4.69) is 5.16 Å². The van der Waals surface area contributed by atoms with Crippen molar-refractivity contribution >= 4 is 10.8 Å². The Labute approximate surface area is 146 Å². The Hall–Kier alpha value is -3.12. The van der Waals surface area contributed by atoms with Crippen LogP contribution in [0.5, 0.6) is 0 Å². The maximum atomic E-state index is 14.1. The van der Waals surface area contributed by atoms with Gasteiger partial charge in [0.2, 0.25) is 0 Å². The topological polar surface area (TPSA) is 46.3 Å². The molecule has 0 fully saturated rings. The number of fused-ring (bicyclic) bond motifs is 1. The predicted octanol–water partition coefficient (Wildman–Crippen LogP) is 5.07. The summed E-state index contributed by atoms with van der Waals surface area (Å²) >= 11 is 0. The van der Waals surface area contributed by atoms with Gasteiger partial charge in [-0.15, -0.1) is 0 Å². The zero-order valence-electron chi connectivity index (χ0n) is 13.3. The van der Waals surface area contributed by atoms with Crippen LogP contribution in [0.25, 0.3) is 33.4 Å². The number of aliphatic hydroxyl groups excluding tert-OH is 1. The van der Waals surface area contributed by atoms with Crippen LogP contribution in [-0.2, 0) is 6.61 Å². The van der Waals surface area contributed by atoms with Crippen LogP contribution in [0, 0.1) is 17.5 Å². The van der Waals surface area contributed by atoms with Crippen LogP contribution in [0.2, 0.25) is 0 Å². The second kappa shape index (κ2) is 6.31. The van der Waals surface area contributed by atoms with Crippen molar-refractivity contribution in [3.63, 3.8) is 0 Å². The summed E-state index contributed by atoms with van der Waals surface area (Å²) in [5.74, 6) is -4.42. The van der Waals surface area contributed by atoms with E-state index in [1.807, 2.05) is 36.4 Å². The van der Waals surface area contributed by atoms with E-state index in [4.69, 9.17) is 4.52 Å². The van der Waals surface area contributed by atoms with Gasteiger partial charge >= 0.3 is 0 Å². The minimum atomic E-state index is -1.60. The Morgan fingerprint density at radius 1 is 0.846 bits per heavy atom. The highest BCUT2D eigenvalue weighted by molar-refractivity contribution is 5.97. The molecule has 26 heavy (non-hydrogen) atoms. The van der Waals surface area contributed by atoms with Gasteiger partial charge in [0.05, 0.1) is 17.7 Å². The normalized spacial score (nSPS) is 11.2. The highest BCUT2D eigenvalue weighted by Crippen LogP contribution is 2.37. The summed E-state index contributed by atoms with van der Waals surface area (Å²) in [5, 5.41) is 15.6. The van der Waals surface area contributed by atoms with E-state index < -0.39 is 24.1 Å². The molecular formula is C20H12F3NO2. The molecule has 0 unspecified atom stereocenters. The molecule has 0 radical (unpaired) electrons. The van der Waals surface area contributed by atoms with Crippen LogP contribution < -0.4 is 0 Å². The summed E-state index contributed by atoms with van der Waals surface area (Å²) in [6, 6.07) is 15.0. The largest absolute Gasteiger partial charge is 0.391 e. The molecule has 3 nitrogen and oxygen atoms in total. The number of aromatic nitrogens is 1. The number of aliphatic hydroxyl groups is 1. The van der Waals surface area contributed by atoms with Gasteiger partial charge < -0.3 is 9.63 Å². The molecule has 0 amide bonds. The van der Waals surface area contributed by atoms with E-state index in [9.17, 15) is 18.3 Å². The summed E-state index contributed by atoms with van der Waals surface area (Å²) in [5.41, 5.74) is 0.909. The lowest BCUT2D eigenvalue weighted by molar-refractivity contribution is 0.281. The first-order valence-corrected chi connectivity index (χ1v) is 7.83. The molecular weight excluding hydrogens is 343 g/mol.